The largest absolute Gasteiger partial charge is 0.481 e. The molecule has 0 saturated carbocycles. The Morgan fingerprint density at radius 1 is 1.64 bits per heavy atom. The fourth-order valence-corrected chi connectivity index (χ4v) is 1.17. The Balaban J connectivity index is 2.65. The molecule has 1 rings (SSSR count). The molecular weight excluding hydrogens is 178 g/mol. The molecule has 14 heavy (non-hydrogen) atoms. The fourth-order valence-electron chi connectivity index (χ4n) is 1.17. The van der Waals surface area contributed by atoms with Gasteiger partial charge >= 0.3 is 0 Å². The molecule has 4 heteroatoms. The van der Waals surface area contributed by atoms with Gasteiger partial charge in [-0.1, -0.05) is 6.92 Å². The Labute approximate surface area is 84.5 Å². The van der Waals surface area contributed by atoms with Gasteiger partial charge in [-0.25, -0.2) is 4.98 Å². The van der Waals surface area contributed by atoms with Crippen LogP contribution in [-0.4, -0.2) is 24.7 Å². The first kappa shape index (κ1) is 10.8. The maximum Gasteiger partial charge on any atom is 0.214 e. The minimum absolute atomic E-state index is 0.308. The van der Waals surface area contributed by atoms with Crippen LogP contribution >= 0.6 is 0 Å². The maximum absolute atomic E-state index is 5.59. The Morgan fingerprint density at radius 2 is 2.43 bits per heavy atom. The summed E-state index contributed by atoms with van der Waals surface area (Å²) in [6.45, 7) is 2.73. The fraction of sp³-hybridized carbons (Fsp3) is 0.500. The molecule has 0 aromatic carbocycles. The molecule has 1 atom stereocenters. The third-order valence-electron chi connectivity index (χ3n) is 2.09. The van der Waals surface area contributed by atoms with Crippen molar-refractivity contribution in [3.05, 3.63) is 18.3 Å². The average molecular weight is 195 g/mol. The summed E-state index contributed by atoms with van der Waals surface area (Å²) in [7, 11) is 1.60. The molecule has 0 radical (unpaired) electrons. The molecular formula is C10H17N3O. The summed E-state index contributed by atoms with van der Waals surface area (Å²) in [5, 5.41) is 3.31. The molecule has 78 valence electrons. The molecule has 0 bridgehead atoms. The number of anilines is 1. The smallest absolute Gasteiger partial charge is 0.214 e. The van der Waals surface area contributed by atoms with E-state index in [2.05, 4.69) is 17.2 Å². The summed E-state index contributed by atoms with van der Waals surface area (Å²) in [4.78, 5) is 4.02. The number of ether oxygens (including phenoxy) is 1. The summed E-state index contributed by atoms with van der Waals surface area (Å²) in [5.41, 5.74) is 6.59. The van der Waals surface area contributed by atoms with Crippen LogP contribution in [0.25, 0.3) is 0 Å². The zero-order chi connectivity index (χ0) is 10.4. The van der Waals surface area contributed by atoms with Gasteiger partial charge in [-0.15, -0.1) is 0 Å². The van der Waals surface area contributed by atoms with Gasteiger partial charge in [0.15, 0.2) is 0 Å². The van der Waals surface area contributed by atoms with Crippen molar-refractivity contribution in [1.82, 2.24) is 4.98 Å². The van der Waals surface area contributed by atoms with Crippen molar-refractivity contribution < 1.29 is 4.74 Å². The van der Waals surface area contributed by atoms with E-state index < -0.39 is 0 Å². The lowest BCUT2D eigenvalue weighted by molar-refractivity contribution is 0.398. The van der Waals surface area contributed by atoms with Crippen LogP contribution in [-0.2, 0) is 0 Å². The number of nitrogens with zero attached hydrogens (tertiary/aromatic N) is 1. The highest BCUT2D eigenvalue weighted by atomic mass is 16.5. The van der Waals surface area contributed by atoms with Gasteiger partial charge in [0.05, 0.1) is 7.11 Å². The number of rotatable bonds is 5. The molecule has 0 aliphatic heterocycles. The van der Waals surface area contributed by atoms with Crippen molar-refractivity contribution in [2.75, 3.05) is 19.0 Å². The Bertz CT molecular complexity index is 274. The quantitative estimate of drug-likeness (QED) is 0.742. The van der Waals surface area contributed by atoms with Crippen LogP contribution in [0.5, 0.6) is 5.88 Å². The van der Waals surface area contributed by atoms with Crippen LogP contribution < -0.4 is 15.8 Å². The highest BCUT2D eigenvalue weighted by Gasteiger charge is 2.03. The Morgan fingerprint density at radius 3 is 3.00 bits per heavy atom. The number of methoxy groups -OCH3 is 1. The Kier molecular flexibility index (Phi) is 4.19. The van der Waals surface area contributed by atoms with E-state index in [1.165, 1.54) is 0 Å². The molecule has 0 spiro atoms. The third-order valence-corrected chi connectivity index (χ3v) is 2.09. The van der Waals surface area contributed by atoms with E-state index >= 15 is 0 Å². The Hall–Kier alpha value is -1.29. The number of aromatic nitrogens is 1. The van der Waals surface area contributed by atoms with E-state index in [9.17, 15) is 0 Å². The third kappa shape index (κ3) is 2.88. The molecule has 1 heterocycles. The predicted molar refractivity (Wildman–Crippen MR) is 57.5 cm³/mol. The first-order valence-corrected chi connectivity index (χ1v) is 4.76. The number of hydrogen-bond acceptors (Lipinski definition) is 4. The molecule has 3 N–H and O–H groups in total. The van der Waals surface area contributed by atoms with E-state index in [0.29, 0.717) is 18.5 Å². The second kappa shape index (κ2) is 5.44. The molecule has 0 aliphatic rings. The van der Waals surface area contributed by atoms with Gasteiger partial charge in [0.1, 0.15) is 0 Å². The van der Waals surface area contributed by atoms with E-state index in [1.54, 1.807) is 13.3 Å². The zero-order valence-corrected chi connectivity index (χ0v) is 8.66. The predicted octanol–water partition coefficient (Wildman–Crippen LogP) is 1.24. The second-order valence-corrected chi connectivity index (χ2v) is 3.07. The van der Waals surface area contributed by atoms with Crippen molar-refractivity contribution in [3.8, 4) is 5.88 Å². The number of nitrogens with two attached hydrogens (primary N) is 1. The summed E-state index contributed by atoms with van der Waals surface area (Å²) < 4.78 is 5.02. The van der Waals surface area contributed by atoms with Crippen molar-refractivity contribution in [1.29, 1.82) is 0 Å². The van der Waals surface area contributed by atoms with Crippen LogP contribution in [0.3, 0.4) is 0 Å². The van der Waals surface area contributed by atoms with E-state index in [-0.39, 0.29) is 0 Å². The molecule has 4 nitrogen and oxygen atoms in total. The first-order chi connectivity index (χ1) is 6.80. The second-order valence-electron chi connectivity index (χ2n) is 3.07. The highest BCUT2D eigenvalue weighted by Crippen LogP contribution is 2.14. The normalized spacial score (nSPS) is 12.2. The minimum atomic E-state index is 0.308. The van der Waals surface area contributed by atoms with E-state index in [1.807, 2.05) is 12.1 Å². The number of hydrogen-bond donors (Lipinski definition) is 2. The highest BCUT2D eigenvalue weighted by molar-refractivity contribution is 5.45. The lowest BCUT2D eigenvalue weighted by atomic mass is 10.2. The molecule has 1 aromatic heterocycles. The number of pyridine rings is 1. The summed E-state index contributed by atoms with van der Waals surface area (Å²) in [6, 6.07) is 4.07. The molecule has 0 aliphatic carbocycles. The SMILES string of the molecule is CCC(CN)Nc1ccnc(OC)c1. The lowest BCUT2D eigenvalue weighted by Gasteiger charge is -2.15. The van der Waals surface area contributed by atoms with Crippen LogP contribution in [0.4, 0.5) is 5.69 Å². The monoisotopic (exact) mass is 195 g/mol. The van der Waals surface area contributed by atoms with Crippen LogP contribution in [0.15, 0.2) is 18.3 Å². The topological polar surface area (TPSA) is 60.2 Å². The van der Waals surface area contributed by atoms with Gasteiger partial charge in [-0.3, -0.25) is 0 Å². The first-order valence-electron chi connectivity index (χ1n) is 4.76. The van der Waals surface area contributed by atoms with Crippen molar-refractivity contribution in [2.24, 2.45) is 5.73 Å². The van der Waals surface area contributed by atoms with Gasteiger partial charge < -0.3 is 15.8 Å². The van der Waals surface area contributed by atoms with Gasteiger partial charge in [-0.05, 0) is 12.5 Å². The number of nitrogens with one attached hydrogen (secondary N) is 1. The standard InChI is InChI=1S/C10H17N3O/c1-3-8(7-11)13-9-4-5-12-10(6-9)14-2/h4-6,8H,3,7,11H2,1-2H3,(H,12,13). The molecule has 0 saturated heterocycles. The van der Waals surface area contributed by atoms with E-state index in [4.69, 9.17) is 10.5 Å². The summed E-state index contributed by atoms with van der Waals surface area (Å²) in [6.07, 6.45) is 2.71. The lowest BCUT2D eigenvalue weighted by Crippen LogP contribution is -2.27. The minimum Gasteiger partial charge on any atom is -0.481 e. The van der Waals surface area contributed by atoms with Crippen LogP contribution in [0.1, 0.15) is 13.3 Å². The van der Waals surface area contributed by atoms with Gasteiger partial charge in [0.2, 0.25) is 5.88 Å². The zero-order valence-electron chi connectivity index (χ0n) is 8.66. The van der Waals surface area contributed by atoms with Crippen molar-refractivity contribution >= 4 is 5.69 Å². The molecule has 1 unspecified atom stereocenters. The van der Waals surface area contributed by atoms with Crippen molar-refractivity contribution in [3.63, 3.8) is 0 Å². The van der Waals surface area contributed by atoms with Crippen LogP contribution in [0.2, 0.25) is 0 Å². The molecule has 1 aromatic rings. The van der Waals surface area contributed by atoms with Crippen LogP contribution in [0, 0.1) is 0 Å². The molecule has 0 fully saturated rings. The van der Waals surface area contributed by atoms with Gasteiger partial charge in [0.25, 0.3) is 0 Å². The summed E-state index contributed by atoms with van der Waals surface area (Å²) in [5.74, 6) is 0.613. The van der Waals surface area contributed by atoms with Gasteiger partial charge in [0, 0.05) is 30.5 Å². The molecule has 0 amide bonds. The maximum atomic E-state index is 5.59. The average Bonchev–Trinajstić information content (AvgIpc) is 2.26. The van der Waals surface area contributed by atoms with Gasteiger partial charge in [-0.2, -0.15) is 0 Å². The van der Waals surface area contributed by atoms with Crippen molar-refractivity contribution in [2.45, 2.75) is 19.4 Å². The summed E-state index contributed by atoms with van der Waals surface area (Å²) >= 11 is 0. The van der Waals surface area contributed by atoms with E-state index in [0.717, 1.165) is 12.1 Å².